The Hall–Kier alpha value is -2.19. The third-order valence-electron chi connectivity index (χ3n) is 8.10. The lowest BCUT2D eigenvalue weighted by atomic mass is 9.66. The highest BCUT2D eigenvalue weighted by Crippen LogP contribution is 2.63. The van der Waals surface area contributed by atoms with E-state index in [4.69, 9.17) is 9.84 Å². The van der Waals surface area contributed by atoms with Gasteiger partial charge in [-0.1, -0.05) is 25.0 Å². The number of likely N-dealkylation sites (N-methyl/N-ethyl adjacent to an activating group) is 1. The number of aliphatic hydroxyl groups is 1. The lowest BCUT2D eigenvalue weighted by molar-refractivity contribution is -0.154. The maximum Gasteiger partial charge on any atom is 0.248 e. The minimum absolute atomic E-state index is 0.0669. The van der Waals surface area contributed by atoms with Crippen LogP contribution in [-0.2, 0) is 19.1 Å². The van der Waals surface area contributed by atoms with Gasteiger partial charge in [0.25, 0.3) is 0 Å². The number of fused-ring (bicyclic) bond motifs is 1. The van der Waals surface area contributed by atoms with Gasteiger partial charge < -0.3 is 24.5 Å². The van der Waals surface area contributed by atoms with Crippen molar-refractivity contribution >= 4 is 17.7 Å². The quantitative estimate of drug-likeness (QED) is 0.317. The van der Waals surface area contributed by atoms with Crippen molar-refractivity contribution in [1.82, 2.24) is 14.7 Å². The fraction of sp³-hybridized carbons (Fsp3) is 0.741. The molecule has 8 heteroatoms. The van der Waals surface area contributed by atoms with E-state index >= 15 is 0 Å². The summed E-state index contributed by atoms with van der Waals surface area (Å²) in [6, 6.07) is -0.827. The number of ether oxygens (including phenoxy) is 1. The average Bonchev–Trinajstić information content (AvgIpc) is 3.37. The second-order valence-electron chi connectivity index (χ2n) is 10.8. The van der Waals surface area contributed by atoms with Crippen LogP contribution in [0, 0.1) is 11.8 Å². The molecule has 0 radical (unpaired) electrons. The normalized spacial score (nSPS) is 31.1. The predicted octanol–water partition coefficient (Wildman–Crippen LogP) is 2.37. The van der Waals surface area contributed by atoms with Crippen molar-refractivity contribution in [3.63, 3.8) is 0 Å². The summed E-state index contributed by atoms with van der Waals surface area (Å²) < 4.78 is 6.68. The van der Waals surface area contributed by atoms with Crippen molar-refractivity contribution in [1.29, 1.82) is 0 Å². The van der Waals surface area contributed by atoms with E-state index in [1.807, 2.05) is 20.8 Å². The highest BCUT2D eigenvalue weighted by atomic mass is 16.5. The minimum Gasteiger partial charge on any atom is -0.396 e. The van der Waals surface area contributed by atoms with Crippen molar-refractivity contribution in [2.75, 3.05) is 33.3 Å². The number of unbranched alkanes of at least 4 members (excludes halogenated alkanes) is 3. The Labute approximate surface area is 210 Å². The van der Waals surface area contributed by atoms with Crippen LogP contribution in [0.3, 0.4) is 0 Å². The van der Waals surface area contributed by atoms with E-state index in [0.29, 0.717) is 32.5 Å². The first-order valence-electron chi connectivity index (χ1n) is 13.0. The summed E-state index contributed by atoms with van der Waals surface area (Å²) >= 11 is 0. The second-order valence-corrected chi connectivity index (χ2v) is 10.8. The summed E-state index contributed by atoms with van der Waals surface area (Å²) in [5, 5.41) is 9.08. The molecular weight excluding hydrogens is 446 g/mol. The number of aliphatic hydroxyl groups excluding tert-OH is 1. The summed E-state index contributed by atoms with van der Waals surface area (Å²) in [4.78, 5) is 46.7. The fourth-order valence-electron chi connectivity index (χ4n) is 6.44. The van der Waals surface area contributed by atoms with Gasteiger partial charge in [0.15, 0.2) is 0 Å². The van der Waals surface area contributed by atoms with Crippen LogP contribution in [0.5, 0.6) is 0 Å². The van der Waals surface area contributed by atoms with Gasteiger partial charge in [0, 0.05) is 39.3 Å². The third kappa shape index (κ3) is 4.67. The molecule has 0 aromatic heterocycles. The van der Waals surface area contributed by atoms with Crippen LogP contribution in [0.2, 0.25) is 0 Å². The molecule has 0 aromatic carbocycles. The van der Waals surface area contributed by atoms with Gasteiger partial charge in [-0.25, -0.2) is 0 Å². The molecule has 2 unspecified atom stereocenters. The van der Waals surface area contributed by atoms with E-state index in [0.717, 1.165) is 25.7 Å². The number of nitrogens with zero attached hydrogens (tertiary/aromatic N) is 3. The molecule has 2 bridgehead atoms. The molecule has 0 aromatic rings. The molecule has 3 amide bonds. The molecule has 3 aliphatic heterocycles. The van der Waals surface area contributed by atoms with Crippen molar-refractivity contribution < 1.29 is 24.2 Å². The van der Waals surface area contributed by atoms with Crippen molar-refractivity contribution in [2.24, 2.45) is 11.8 Å². The Morgan fingerprint density at radius 2 is 1.80 bits per heavy atom. The number of hydrogen-bond donors (Lipinski definition) is 1. The van der Waals surface area contributed by atoms with Crippen LogP contribution < -0.4 is 0 Å². The average molecular weight is 490 g/mol. The molecule has 196 valence electrons. The minimum atomic E-state index is -1.00. The topological polar surface area (TPSA) is 90.4 Å². The zero-order valence-electron chi connectivity index (χ0n) is 21.9. The molecule has 1 N–H and O–H groups in total. The lowest BCUT2D eigenvalue weighted by Gasteiger charge is -2.38. The molecule has 0 aliphatic carbocycles. The third-order valence-corrected chi connectivity index (χ3v) is 8.10. The summed E-state index contributed by atoms with van der Waals surface area (Å²) in [5.41, 5.74) is -1.78. The number of rotatable bonds is 13. The summed E-state index contributed by atoms with van der Waals surface area (Å²) in [7, 11) is 1.72. The Bertz CT molecular complexity index is 845. The van der Waals surface area contributed by atoms with Crippen LogP contribution in [0.25, 0.3) is 0 Å². The van der Waals surface area contributed by atoms with Crippen LogP contribution in [0.4, 0.5) is 0 Å². The zero-order valence-corrected chi connectivity index (χ0v) is 21.9. The Morgan fingerprint density at radius 1 is 1.14 bits per heavy atom. The maximum absolute atomic E-state index is 14.1. The van der Waals surface area contributed by atoms with Crippen LogP contribution in [-0.4, -0.2) is 94.1 Å². The van der Waals surface area contributed by atoms with Crippen molar-refractivity contribution in [3.05, 3.63) is 25.3 Å². The van der Waals surface area contributed by atoms with E-state index < -0.39 is 29.1 Å². The summed E-state index contributed by atoms with van der Waals surface area (Å²) in [6.45, 7) is 14.7. The molecule has 3 fully saturated rings. The Balaban J connectivity index is 2.00. The smallest absolute Gasteiger partial charge is 0.248 e. The van der Waals surface area contributed by atoms with E-state index in [2.05, 4.69) is 13.2 Å². The van der Waals surface area contributed by atoms with Crippen molar-refractivity contribution in [3.8, 4) is 0 Å². The molecule has 3 rings (SSSR count). The zero-order chi connectivity index (χ0) is 26.0. The second kappa shape index (κ2) is 10.8. The van der Waals surface area contributed by atoms with Gasteiger partial charge in [0.1, 0.15) is 11.6 Å². The maximum atomic E-state index is 14.1. The van der Waals surface area contributed by atoms with Gasteiger partial charge in [-0.15, -0.1) is 13.2 Å². The lowest BCUT2D eigenvalue weighted by Crippen LogP contribution is -2.57. The SMILES string of the molecule is C=CCN(C)C(=O)[C@H]1[C@H]2C(=O)N(CCCCCCO)C(C(=O)N(CC=C)C(C)C)C23CC[C@]1(C)O3. The van der Waals surface area contributed by atoms with Gasteiger partial charge in [0.05, 0.1) is 17.4 Å². The van der Waals surface area contributed by atoms with Crippen molar-refractivity contribution in [2.45, 2.75) is 82.6 Å². The first-order chi connectivity index (χ1) is 16.6. The summed E-state index contributed by atoms with van der Waals surface area (Å²) in [6.07, 6.45) is 7.74. The van der Waals surface area contributed by atoms with Gasteiger partial charge >= 0.3 is 0 Å². The van der Waals surface area contributed by atoms with E-state index in [-0.39, 0.29) is 30.4 Å². The Kier molecular flexibility index (Phi) is 8.48. The van der Waals surface area contributed by atoms with Crippen LogP contribution in [0.1, 0.15) is 59.3 Å². The molecule has 0 saturated carbocycles. The van der Waals surface area contributed by atoms with E-state index in [1.165, 1.54) is 0 Å². The molecule has 3 saturated heterocycles. The van der Waals surface area contributed by atoms with E-state index in [9.17, 15) is 14.4 Å². The highest BCUT2D eigenvalue weighted by Gasteiger charge is 2.78. The standard InChI is InChI=1S/C27H43N3O5/c1-7-15-28(6)23(32)20-21-24(33)30(17-11-9-10-12-18-31)22(25(34)29(16-8-2)19(3)4)27(21)14-13-26(20,5)35-27/h7-8,19-22,31H,1-2,9-18H2,3-6H3/t20-,21+,22?,26+,27?/m1/s1. The monoisotopic (exact) mass is 489 g/mol. The van der Waals surface area contributed by atoms with Crippen LogP contribution >= 0.6 is 0 Å². The molecule has 1 spiro atoms. The number of amides is 3. The van der Waals surface area contributed by atoms with Gasteiger partial charge in [0.2, 0.25) is 17.7 Å². The molecule has 5 atom stereocenters. The van der Waals surface area contributed by atoms with Gasteiger partial charge in [-0.2, -0.15) is 0 Å². The van der Waals surface area contributed by atoms with Gasteiger partial charge in [-0.05, 0) is 46.5 Å². The predicted molar refractivity (Wildman–Crippen MR) is 134 cm³/mol. The number of carbonyl (C=O) groups is 3. The fourth-order valence-corrected chi connectivity index (χ4v) is 6.44. The number of hydrogen-bond acceptors (Lipinski definition) is 5. The highest BCUT2D eigenvalue weighted by molar-refractivity contribution is 5.99. The van der Waals surface area contributed by atoms with E-state index in [1.54, 1.807) is 33.9 Å². The first-order valence-corrected chi connectivity index (χ1v) is 13.0. The van der Waals surface area contributed by atoms with Gasteiger partial charge in [-0.3, -0.25) is 14.4 Å². The largest absolute Gasteiger partial charge is 0.396 e. The Morgan fingerprint density at radius 3 is 2.40 bits per heavy atom. The molecule has 3 aliphatic rings. The number of likely N-dealkylation sites (tertiary alicyclic amines) is 1. The molecule has 8 nitrogen and oxygen atoms in total. The number of carbonyl (C=O) groups excluding carboxylic acids is 3. The summed E-state index contributed by atoms with van der Waals surface area (Å²) in [5.74, 6) is -1.72. The van der Waals surface area contributed by atoms with Crippen LogP contribution in [0.15, 0.2) is 25.3 Å². The molecule has 35 heavy (non-hydrogen) atoms. The molecular formula is C27H43N3O5. The molecule has 3 heterocycles. The first kappa shape index (κ1) is 27.4.